The number of esters is 1. The van der Waals surface area contributed by atoms with Crippen molar-refractivity contribution in [2.24, 2.45) is 0 Å². The Labute approximate surface area is 162 Å². The number of rotatable bonds is 6. The van der Waals surface area contributed by atoms with Gasteiger partial charge in [0.2, 0.25) is 5.78 Å². The summed E-state index contributed by atoms with van der Waals surface area (Å²) in [5.74, 6) is -1.04. The molecule has 2 aromatic carbocycles. The Kier molecular flexibility index (Phi) is 5.79. The van der Waals surface area contributed by atoms with E-state index >= 15 is 0 Å². The van der Waals surface area contributed by atoms with Crippen LogP contribution in [0.15, 0.2) is 65.5 Å². The average Bonchev–Trinajstić information content (AvgIpc) is 2.68. The molecule has 0 aliphatic carbocycles. The lowest BCUT2D eigenvalue weighted by molar-refractivity contribution is 0.0466. The van der Waals surface area contributed by atoms with Gasteiger partial charge in [-0.1, -0.05) is 54.1 Å². The number of hydrogen-bond acceptors (Lipinski definition) is 5. The minimum absolute atomic E-state index is 0.0241. The molecule has 0 amide bonds. The fourth-order valence-corrected chi connectivity index (χ4v) is 2.84. The third kappa shape index (κ3) is 4.59. The molecule has 0 saturated heterocycles. The van der Waals surface area contributed by atoms with E-state index in [-0.39, 0.29) is 30.2 Å². The van der Waals surface area contributed by atoms with Gasteiger partial charge >= 0.3 is 5.97 Å². The zero-order valence-corrected chi connectivity index (χ0v) is 15.7. The molecule has 0 aliphatic heterocycles. The number of carbonyl (C=O) groups is 2. The van der Waals surface area contributed by atoms with Crippen molar-refractivity contribution in [2.45, 2.75) is 20.4 Å². The van der Waals surface area contributed by atoms with E-state index in [2.05, 4.69) is 5.10 Å². The minimum atomic E-state index is -0.750. The number of Topliss-reactive ketones (excluding diaryl/α,β-unsaturated/α-hetero) is 1. The maximum Gasteiger partial charge on any atom is 0.359 e. The predicted molar refractivity (Wildman–Crippen MR) is 105 cm³/mol. The first-order valence-corrected chi connectivity index (χ1v) is 8.84. The van der Waals surface area contributed by atoms with Crippen LogP contribution in [0.3, 0.4) is 0 Å². The number of aryl methyl sites for hydroxylation is 2. The SMILES string of the molecule is Cc1ccc(C(=O)COC(=O)c2ccc(=O)n(Cc3ccccc3)n2)c(C)c1. The van der Waals surface area contributed by atoms with E-state index in [1.54, 1.807) is 6.07 Å². The van der Waals surface area contributed by atoms with E-state index in [9.17, 15) is 14.4 Å². The first-order chi connectivity index (χ1) is 13.4. The third-order valence-electron chi connectivity index (χ3n) is 4.27. The van der Waals surface area contributed by atoms with E-state index in [4.69, 9.17) is 4.74 Å². The lowest BCUT2D eigenvalue weighted by atomic mass is 10.0. The van der Waals surface area contributed by atoms with E-state index in [0.717, 1.165) is 16.7 Å². The number of hydrogen-bond donors (Lipinski definition) is 0. The van der Waals surface area contributed by atoms with E-state index in [1.165, 1.54) is 16.8 Å². The third-order valence-corrected chi connectivity index (χ3v) is 4.27. The van der Waals surface area contributed by atoms with Gasteiger partial charge in [-0.2, -0.15) is 5.10 Å². The summed E-state index contributed by atoms with van der Waals surface area (Å²) in [5, 5.41) is 4.07. The molecule has 1 heterocycles. The van der Waals surface area contributed by atoms with Crippen LogP contribution in [0.4, 0.5) is 0 Å². The van der Waals surface area contributed by atoms with E-state index in [1.807, 2.05) is 56.3 Å². The van der Waals surface area contributed by atoms with Crippen LogP contribution in [0.1, 0.15) is 37.5 Å². The van der Waals surface area contributed by atoms with Crippen LogP contribution < -0.4 is 5.56 Å². The molecule has 0 spiro atoms. The molecule has 0 aliphatic rings. The van der Waals surface area contributed by atoms with Crippen molar-refractivity contribution < 1.29 is 14.3 Å². The topological polar surface area (TPSA) is 78.3 Å². The first-order valence-electron chi connectivity index (χ1n) is 8.84. The summed E-state index contributed by atoms with van der Waals surface area (Å²) in [4.78, 5) is 36.6. The van der Waals surface area contributed by atoms with Gasteiger partial charge in [-0.15, -0.1) is 0 Å². The van der Waals surface area contributed by atoms with Gasteiger partial charge < -0.3 is 4.74 Å². The number of nitrogens with zero attached hydrogens (tertiary/aromatic N) is 2. The summed E-state index contributed by atoms with van der Waals surface area (Å²) in [6, 6.07) is 17.3. The highest BCUT2D eigenvalue weighted by molar-refractivity contribution is 6.00. The van der Waals surface area contributed by atoms with Gasteiger partial charge in [-0.3, -0.25) is 9.59 Å². The monoisotopic (exact) mass is 376 g/mol. The first kappa shape index (κ1) is 19.2. The Hall–Kier alpha value is -3.54. The van der Waals surface area contributed by atoms with Gasteiger partial charge in [0, 0.05) is 11.6 Å². The molecule has 0 atom stereocenters. The zero-order chi connectivity index (χ0) is 20.1. The van der Waals surface area contributed by atoms with Crippen molar-refractivity contribution in [1.29, 1.82) is 0 Å². The number of carbonyl (C=O) groups excluding carboxylic acids is 2. The lowest BCUT2D eigenvalue weighted by Gasteiger charge is -2.09. The largest absolute Gasteiger partial charge is 0.453 e. The molecule has 6 nitrogen and oxygen atoms in total. The number of ketones is 1. The van der Waals surface area contributed by atoms with Crippen molar-refractivity contribution in [3.8, 4) is 0 Å². The molecule has 6 heteroatoms. The van der Waals surface area contributed by atoms with Gasteiger partial charge in [0.15, 0.2) is 12.3 Å². The fraction of sp³-hybridized carbons (Fsp3) is 0.182. The van der Waals surface area contributed by atoms with Crippen LogP contribution >= 0.6 is 0 Å². The Morgan fingerprint density at radius 3 is 2.46 bits per heavy atom. The summed E-state index contributed by atoms with van der Waals surface area (Å²) in [7, 11) is 0. The average molecular weight is 376 g/mol. The molecule has 142 valence electrons. The second-order valence-electron chi connectivity index (χ2n) is 6.52. The summed E-state index contributed by atoms with van der Waals surface area (Å²) in [6.45, 7) is 3.63. The van der Waals surface area contributed by atoms with Crippen molar-refractivity contribution in [3.05, 3.63) is 99.0 Å². The van der Waals surface area contributed by atoms with Crippen LogP contribution in [-0.2, 0) is 11.3 Å². The molecular formula is C22H20N2O4. The van der Waals surface area contributed by atoms with Gasteiger partial charge in [-0.05, 0) is 31.0 Å². The van der Waals surface area contributed by atoms with Crippen molar-refractivity contribution in [2.75, 3.05) is 6.61 Å². The molecule has 0 N–H and O–H groups in total. The van der Waals surface area contributed by atoms with Gasteiger partial charge in [0.25, 0.3) is 5.56 Å². The quantitative estimate of drug-likeness (QED) is 0.488. The van der Waals surface area contributed by atoms with Crippen LogP contribution in [0.25, 0.3) is 0 Å². The van der Waals surface area contributed by atoms with Crippen LogP contribution in [0, 0.1) is 13.8 Å². The molecule has 28 heavy (non-hydrogen) atoms. The number of aromatic nitrogens is 2. The molecule has 0 fully saturated rings. The van der Waals surface area contributed by atoms with Gasteiger partial charge in [-0.25, -0.2) is 9.48 Å². The van der Waals surface area contributed by atoms with Crippen LogP contribution in [-0.4, -0.2) is 28.1 Å². The maximum atomic E-state index is 12.3. The second kappa shape index (κ2) is 8.43. The van der Waals surface area contributed by atoms with Crippen LogP contribution in [0.5, 0.6) is 0 Å². The predicted octanol–water partition coefficient (Wildman–Crippen LogP) is 2.95. The number of ether oxygens (including phenoxy) is 1. The van der Waals surface area contributed by atoms with Crippen molar-refractivity contribution in [1.82, 2.24) is 9.78 Å². The Bertz CT molecular complexity index is 1070. The van der Waals surface area contributed by atoms with Gasteiger partial charge in [0.1, 0.15) is 0 Å². The summed E-state index contributed by atoms with van der Waals surface area (Å²) in [5.41, 5.74) is 2.93. The molecule has 1 aromatic heterocycles. The smallest absolute Gasteiger partial charge is 0.359 e. The molecule has 0 bridgehead atoms. The molecular weight excluding hydrogens is 356 g/mol. The normalized spacial score (nSPS) is 10.5. The minimum Gasteiger partial charge on any atom is -0.453 e. The van der Waals surface area contributed by atoms with Crippen LogP contribution in [0.2, 0.25) is 0 Å². The lowest BCUT2D eigenvalue weighted by Crippen LogP contribution is -2.26. The second-order valence-corrected chi connectivity index (χ2v) is 6.52. The fourth-order valence-electron chi connectivity index (χ4n) is 2.84. The molecule has 0 saturated carbocycles. The molecule has 0 radical (unpaired) electrons. The highest BCUT2D eigenvalue weighted by Gasteiger charge is 2.15. The Balaban J connectivity index is 1.69. The standard InChI is InChI=1S/C22H20N2O4/c1-15-8-9-18(16(2)12-15)20(25)14-28-22(27)19-10-11-21(26)24(23-19)13-17-6-4-3-5-7-17/h3-12H,13-14H2,1-2H3. The van der Waals surface area contributed by atoms with Crippen molar-refractivity contribution >= 4 is 11.8 Å². The Morgan fingerprint density at radius 1 is 1.00 bits per heavy atom. The highest BCUT2D eigenvalue weighted by atomic mass is 16.5. The van der Waals surface area contributed by atoms with Gasteiger partial charge in [0.05, 0.1) is 6.54 Å². The highest BCUT2D eigenvalue weighted by Crippen LogP contribution is 2.12. The summed E-state index contributed by atoms with van der Waals surface area (Å²) >= 11 is 0. The van der Waals surface area contributed by atoms with E-state index < -0.39 is 5.97 Å². The zero-order valence-electron chi connectivity index (χ0n) is 15.7. The summed E-state index contributed by atoms with van der Waals surface area (Å²) < 4.78 is 6.30. The molecule has 3 aromatic rings. The Morgan fingerprint density at radius 2 is 1.75 bits per heavy atom. The molecule has 3 rings (SSSR count). The van der Waals surface area contributed by atoms with E-state index in [0.29, 0.717) is 5.56 Å². The summed E-state index contributed by atoms with van der Waals surface area (Å²) in [6.07, 6.45) is 0. The van der Waals surface area contributed by atoms with Crippen molar-refractivity contribution in [3.63, 3.8) is 0 Å². The molecule has 0 unspecified atom stereocenters. The maximum absolute atomic E-state index is 12.3. The number of benzene rings is 2.